The highest BCUT2D eigenvalue weighted by Crippen LogP contribution is 2.36. The maximum absolute atomic E-state index is 12.2. The number of nitrogens with one attached hydrogen (secondary N) is 1. The van der Waals surface area contributed by atoms with Crippen molar-refractivity contribution in [2.24, 2.45) is 0 Å². The van der Waals surface area contributed by atoms with Crippen LogP contribution in [0.1, 0.15) is 19.4 Å². The van der Waals surface area contributed by atoms with Gasteiger partial charge in [-0.1, -0.05) is 11.6 Å². The number of amides is 1. The number of hydrogen-bond donors (Lipinski definition) is 1. The van der Waals surface area contributed by atoms with Crippen LogP contribution in [-0.4, -0.2) is 29.9 Å². The van der Waals surface area contributed by atoms with Crippen LogP contribution in [0, 0.1) is 0 Å². The van der Waals surface area contributed by atoms with E-state index in [0.29, 0.717) is 22.2 Å². The molecule has 1 amide bonds. The van der Waals surface area contributed by atoms with Gasteiger partial charge < -0.3 is 14.8 Å². The van der Waals surface area contributed by atoms with Gasteiger partial charge in [0.15, 0.2) is 0 Å². The SMILES string of the molecule is COc1cc(OC)c(NC(=O)CC(C)n2cccn2)cc1Cl. The van der Waals surface area contributed by atoms with Crippen LogP contribution >= 0.6 is 11.6 Å². The van der Waals surface area contributed by atoms with Crippen LogP contribution in [-0.2, 0) is 4.79 Å². The summed E-state index contributed by atoms with van der Waals surface area (Å²) in [4.78, 5) is 12.2. The van der Waals surface area contributed by atoms with E-state index in [2.05, 4.69) is 10.4 Å². The molecule has 0 bridgehead atoms. The Morgan fingerprint density at radius 1 is 1.36 bits per heavy atom. The molecule has 0 radical (unpaired) electrons. The molecule has 7 heteroatoms. The van der Waals surface area contributed by atoms with Gasteiger partial charge in [0, 0.05) is 24.9 Å². The second-order valence-corrected chi connectivity index (χ2v) is 5.18. The summed E-state index contributed by atoms with van der Waals surface area (Å²) in [5, 5.41) is 7.32. The molecule has 0 saturated carbocycles. The first kappa shape index (κ1) is 16.2. The van der Waals surface area contributed by atoms with Crippen molar-refractivity contribution in [3.8, 4) is 11.5 Å². The molecule has 0 fully saturated rings. The van der Waals surface area contributed by atoms with Crippen LogP contribution < -0.4 is 14.8 Å². The Bertz CT molecular complexity index is 644. The third-order valence-corrected chi connectivity index (χ3v) is 3.50. The van der Waals surface area contributed by atoms with Crippen LogP contribution in [0.15, 0.2) is 30.6 Å². The molecule has 1 heterocycles. The summed E-state index contributed by atoms with van der Waals surface area (Å²) in [7, 11) is 3.04. The minimum absolute atomic E-state index is 0.0466. The Kier molecular flexibility index (Phi) is 5.27. The van der Waals surface area contributed by atoms with Crippen molar-refractivity contribution in [3.05, 3.63) is 35.6 Å². The van der Waals surface area contributed by atoms with Gasteiger partial charge in [-0.05, 0) is 19.1 Å². The molecule has 1 aromatic carbocycles. The molecule has 1 N–H and O–H groups in total. The zero-order valence-electron chi connectivity index (χ0n) is 12.7. The predicted octanol–water partition coefficient (Wildman–Crippen LogP) is 3.14. The molecule has 2 rings (SSSR count). The standard InChI is InChI=1S/C15H18ClN3O3/c1-10(19-6-4-5-17-19)7-15(20)18-12-8-11(16)13(21-2)9-14(12)22-3/h4-6,8-10H,7H2,1-3H3,(H,18,20). The van der Waals surface area contributed by atoms with E-state index < -0.39 is 0 Å². The van der Waals surface area contributed by atoms with Crippen molar-refractivity contribution in [2.75, 3.05) is 19.5 Å². The van der Waals surface area contributed by atoms with Gasteiger partial charge in [0.25, 0.3) is 0 Å². The fourth-order valence-electron chi connectivity index (χ4n) is 2.06. The first-order valence-electron chi connectivity index (χ1n) is 6.75. The van der Waals surface area contributed by atoms with Crippen LogP contribution in [0.4, 0.5) is 5.69 Å². The summed E-state index contributed by atoms with van der Waals surface area (Å²) in [6.07, 6.45) is 3.79. The molecule has 0 aliphatic rings. The van der Waals surface area contributed by atoms with Crippen LogP contribution in [0.25, 0.3) is 0 Å². The van der Waals surface area contributed by atoms with Crippen molar-refractivity contribution in [1.29, 1.82) is 0 Å². The van der Waals surface area contributed by atoms with Crippen molar-refractivity contribution in [1.82, 2.24) is 9.78 Å². The molecule has 1 unspecified atom stereocenters. The van der Waals surface area contributed by atoms with Crippen molar-refractivity contribution >= 4 is 23.2 Å². The predicted molar refractivity (Wildman–Crippen MR) is 84.7 cm³/mol. The van der Waals surface area contributed by atoms with Gasteiger partial charge in [0.2, 0.25) is 5.91 Å². The molecule has 0 spiro atoms. The van der Waals surface area contributed by atoms with E-state index in [1.165, 1.54) is 14.2 Å². The zero-order valence-corrected chi connectivity index (χ0v) is 13.4. The molecule has 0 aliphatic heterocycles. The number of anilines is 1. The average molecular weight is 324 g/mol. The largest absolute Gasteiger partial charge is 0.495 e. The third kappa shape index (κ3) is 3.71. The smallest absolute Gasteiger partial charge is 0.226 e. The molecule has 6 nitrogen and oxygen atoms in total. The number of carbonyl (C=O) groups excluding carboxylic acids is 1. The van der Waals surface area contributed by atoms with Gasteiger partial charge in [0.05, 0.1) is 31.0 Å². The fourth-order valence-corrected chi connectivity index (χ4v) is 2.30. The van der Waals surface area contributed by atoms with Crippen LogP contribution in [0.3, 0.4) is 0 Å². The summed E-state index contributed by atoms with van der Waals surface area (Å²) in [5.41, 5.74) is 0.506. The lowest BCUT2D eigenvalue weighted by Gasteiger charge is -2.15. The third-order valence-electron chi connectivity index (χ3n) is 3.21. The quantitative estimate of drug-likeness (QED) is 0.887. The number of rotatable bonds is 6. The molecule has 1 aromatic heterocycles. The Hall–Kier alpha value is -2.21. The lowest BCUT2D eigenvalue weighted by Crippen LogP contribution is -2.18. The number of benzene rings is 1. The highest BCUT2D eigenvalue weighted by atomic mass is 35.5. The lowest BCUT2D eigenvalue weighted by molar-refractivity contribution is -0.116. The van der Waals surface area contributed by atoms with Crippen molar-refractivity contribution in [3.63, 3.8) is 0 Å². The highest BCUT2D eigenvalue weighted by Gasteiger charge is 2.15. The molecule has 1 atom stereocenters. The topological polar surface area (TPSA) is 65.4 Å². The van der Waals surface area contributed by atoms with E-state index in [1.54, 1.807) is 23.0 Å². The first-order valence-corrected chi connectivity index (χ1v) is 7.13. The first-order chi connectivity index (χ1) is 10.5. The second-order valence-electron chi connectivity index (χ2n) is 4.77. The molecule has 0 saturated heterocycles. The summed E-state index contributed by atoms with van der Waals surface area (Å²) < 4.78 is 12.1. The maximum Gasteiger partial charge on any atom is 0.226 e. The maximum atomic E-state index is 12.2. The Balaban J connectivity index is 2.09. The minimum Gasteiger partial charge on any atom is -0.495 e. The average Bonchev–Trinajstić information content (AvgIpc) is 3.01. The van der Waals surface area contributed by atoms with E-state index in [9.17, 15) is 4.79 Å². The molecule has 22 heavy (non-hydrogen) atoms. The van der Waals surface area contributed by atoms with Gasteiger partial charge >= 0.3 is 0 Å². The fraction of sp³-hybridized carbons (Fsp3) is 0.333. The molecule has 0 aliphatic carbocycles. The number of nitrogens with zero attached hydrogens (tertiary/aromatic N) is 2. The number of ether oxygens (including phenoxy) is 2. The van der Waals surface area contributed by atoms with Crippen molar-refractivity contribution < 1.29 is 14.3 Å². The second kappa shape index (κ2) is 7.17. The molecule has 118 valence electrons. The van der Waals surface area contributed by atoms with E-state index in [4.69, 9.17) is 21.1 Å². The summed E-state index contributed by atoms with van der Waals surface area (Å²) >= 11 is 6.08. The summed E-state index contributed by atoms with van der Waals surface area (Å²) in [5.74, 6) is 0.824. The Morgan fingerprint density at radius 2 is 2.09 bits per heavy atom. The van der Waals surface area contributed by atoms with Gasteiger partial charge in [-0.15, -0.1) is 0 Å². The Morgan fingerprint density at radius 3 is 2.68 bits per heavy atom. The minimum atomic E-state index is -0.150. The van der Waals surface area contributed by atoms with Gasteiger partial charge in [0.1, 0.15) is 11.5 Å². The summed E-state index contributed by atoms with van der Waals surface area (Å²) in [6, 6.07) is 5.01. The van der Waals surface area contributed by atoms with Gasteiger partial charge in [-0.3, -0.25) is 9.48 Å². The van der Waals surface area contributed by atoms with Crippen molar-refractivity contribution in [2.45, 2.75) is 19.4 Å². The lowest BCUT2D eigenvalue weighted by atomic mass is 10.2. The van der Waals surface area contributed by atoms with Crippen LogP contribution in [0.5, 0.6) is 11.5 Å². The number of methoxy groups -OCH3 is 2. The number of carbonyl (C=O) groups is 1. The van der Waals surface area contributed by atoms with E-state index in [0.717, 1.165) is 0 Å². The molecular weight excluding hydrogens is 306 g/mol. The highest BCUT2D eigenvalue weighted by molar-refractivity contribution is 6.32. The summed E-state index contributed by atoms with van der Waals surface area (Å²) in [6.45, 7) is 1.92. The monoisotopic (exact) mass is 323 g/mol. The normalized spacial score (nSPS) is 11.8. The van der Waals surface area contributed by atoms with Gasteiger partial charge in [-0.2, -0.15) is 5.10 Å². The Labute approximate surface area is 134 Å². The molecular formula is C15H18ClN3O3. The number of hydrogen-bond acceptors (Lipinski definition) is 4. The molecule has 2 aromatic rings. The van der Waals surface area contributed by atoms with E-state index in [-0.39, 0.29) is 18.4 Å². The zero-order chi connectivity index (χ0) is 16.1. The number of halogens is 1. The van der Waals surface area contributed by atoms with E-state index >= 15 is 0 Å². The van der Waals surface area contributed by atoms with E-state index in [1.807, 2.05) is 19.2 Å². The van der Waals surface area contributed by atoms with Gasteiger partial charge in [-0.25, -0.2) is 0 Å². The van der Waals surface area contributed by atoms with Crippen LogP contribution in [0.2, 0.25) is 5.02 Å². The number of aromatic nitrogens is 2.